The monoisotopic (exact) mass is 353 g/mol. The zero-order chi connectivity index (χ0) is 18.3. The van der Waals surface area contributed by atoms with Crippen LogP contribution >= 0.6 is 0 Å². The van der Waals surface area contributed by atoms with E-state index in [1.54, 1.807) is 0 Å². The number of rotatable bonds is 3. The van der Waals surface area contributed by atoms with Crippen molar-refractivity contribution in [3.63, 3.8) is 0 Å². The lowest BCUT2D eigenvalue weighted by molar-refractivity contribution is -0.209. The molecule has 0 saturated carbocycles. The SMILES string of the molecule is Cc1cccc2c(Cc3ccccc3)cn([C@@H]3OC[C@@H](O)[C@H](O)[C@H]3O)c12. The van der Waals surface area contributed by atoms with E-state index in [-0.39, 0.29) is 6.61 Å². The Hall–Kier alpha value is -2.18. The van der Waals surface area contributed by atoms with Gasteiger partial charge in [0, 0.05) is 11.6 Å². The molecule has 0 amide bonds. The summed E-state index contributed by atoms with van der Waals surface area (Å²) in [6.45, 7) is 2.01. The molecule has 4 rings (SSSR count). The van der Waals surface area contributed by atoms with E-state index >= 15 is 0 Å². The van der Waals surface area contributed by atoms with Crippen LogP contribution in [-0.4, -0.2) is 44.8 Å². The van der Waals surface area contributed by atoms with E-state index in [1.807, 2.05) is 48.0 Å². The summed E-state index contributed by atoms with van der Waals surface area (Å²) >= 11 is 0. The normalized spacial score (nSPS) is 26.3. The van der Waals surface area contributed by atoms with Crippen LogP contribution in [0.1, 0.15) is 22.9 Å². The first-order chi connectivity index (χ1) is 12.6. The summed E-state index contributed by atoms with van der Waals surface area (Å²) in [5.74, 6) is 0. The highest BCUT2D eigenvalue weighted by Crippen LogP contribution is 2.33. The van der Waals surface area contributed by atoms with Crippen molar-refractivity contribution in [2.24, 2.45) is 0 Å². The molecule has 0 unspecified atom stereocenters. The standard InChI is InChI=1S/C21H23NO4/c1-13-6-5-9-16-15(10-14-7-3-2-4-8-14)11-22(18(13)16)21-20(25)19(24)17(23)12-26-21/h2-9,11,17,19-21,23-25H,10,12H2,1H3/t17-,19+,20-,21-/m1/s1. The summed E-state index contributed by atoms with van der Waals surface area (Å²) < 4.78 is 7.58. The summed E-state index contributed by atoms with van der Waals surface area (Å²) in [4.78, 5) is 0. The van der Waals surface area contributed by atoms with Crippen molar-refractivity contribution >= 4 is 10.9 Å². The number of hydrogen-bond donors (Lipinski definition) is 3. The van der Waals surface area contributed by atoms with Crippen molar-refractivity contribution in [3.05, 3.63) is 71.4 Å². The predicted octanol–water partition coefficient (Wildman–Crippen LogP) is 2.15. The Morgan fingerprint density at radius 1 is 1.00 bits per heavy atom. The molecule has 4 atom stereocenters. The summed E-state index contributed by atoms with van der Waals surface area (Å²) in [6.07, 6.45) is -1.48. The van der Waals surface area contributed by atoms with E-state index in [9.17, 15) is 15.3 Å². The molecule has 2 aromatic carbocycles. The number of para-hydroxylation sites is 1. The van der Waals surface area contributed by atoms with Crippen molar-refractivity contribution in [1.29, 1.82) is 0 Å². The van der Waals surface area contributed by atoms with Gasteiger partial charge in [-0.1, -0.05) is 48.5 Å². The number of nitrogens with zero attached hydrogens (tertiary/aromatic N) is 1. The first-order valence-corrected chi connectivity index (χ1v) is 8.85. The number of aryl methyl sites for hydroxylation is 1. The van der Waals surface area contributed by atoms with Crippen molar-refractivity contribution in [2.75, 3.05) is 6.61 Å². The largest absolute Gasteiger partial charge is 0.388 e. The highest BCUT2D eigenvalue weighted by molar-refractivity contribution is 5.87. The van der Waals surface area contributed by atoms with E-state index in [0.717, 1.165) is 28.5 Å². The molecule has 1 saturated heterocycles. The van der Waals surface area contributed by atoms with Gasteiger partial charge in [-0.2, -0.15) is 0 Å². The van der Waals surface area contributed by atoms with E-state index in [1.165, 1.54) is 5.56 Å². The van der Waals surface area contributed by atoms with Crippen LogP contribution in [0.4, 0.5) is 0 Å². The van der Waals surface area contributed by atoms with E-state index in [4.69, 9.17) is 4.74 Å². The Morgan fingerprint density at radius 2 is 1.77 bits per heavy atom. The highest BCUT2D eigenvalue weighted by atomic mass is 16.5. The fourth-order valence-corrected chi connectivity index (χ4v) is 3.76. The number of hydrogen-bond acceptors (Lipinski definition) is 4. The molecule has 1 fully saturated rings. The Balaban J connectivity index is 1.80. The highest BCUT2D eigenvalue weighted by Gasteiger charge is 2.39. The van der Waals surface area contributed by atoms with Crippen LogP contribution in [0.25, 0.3) is 10.9 Å². The van der Waals surface area contributed by atoms with Gasteiger partial charge in [-0.3, -0.25) is 0 Å². The molecule has 26 heavy (non-hydrogen) atoms. The molecule has 1 aliphatic heterocycles. The van der Waals surface area contributed by atoms with Crippen molar-refractivity contribution in [1.82, 2.24) is 4.57 Å². The minimum Gasteiger partial charge on any atom is -0.388 e. The van der Waals surface area contributed by atoms with Crippen molar-refractivity contribution in [3.8, 4) is 0 Å². The molecule has 5 heteroatoms. The maximum atomic E-state index is 10.5. The smallest absolute Gasteiger partial charge is 0.162 e. The predicted molar refractivity (Wildman–Crippen MR) is 98.9 cm³/mol. The molecule has 0 bridgehead atoms. The number of fused-ring (bicyclic) bond motifs is 1. The second-order valence-electron chi connectivity index (χ2n) is 6.97. The van der Waals surface area contributed by atoms with Crippen LogP contribution in [0.5, 0.6) is 0 Å². The summed E-state index contributed by atoms with van der Waals surface area (Å²) in [7, 11) is 0. The third-order valence-electron chi connectivity index (χ3n) is 5.12. The molecule has 0 aliphatic carbocycles. The van der Waals surface area contributed by atoms with Crippen LogP contribution in [0.3, 0.4) is 0 Å². The van der Waals surface area contributed by atoms with Gasteiger partial charge in [0.05, 0.1) is 12.1 Å². The number of aliphatic hydroxyl groups is 3. The number of aromatic nitrogens is 1. The molecule has 5 nitrogen and oxygen atoms in total. The fraction of sp³-hybridized carbons (Fsp3) is 0.333. The molecule has 0 spiro atoms. The molecule has 136 valence electrons. The zero-order valence-electron chi connectivity index (χ0n) is 14.6. The maximum absolute atomic E-state index is 10.5. The van der Waals surface area contributed by atoms with Crippen LogP contribution in [-0.2, 0) is 11.2 Å². The van der Waals surface area contributed by atoms with E-state index in [0.29, 0.717) is 0 Å². The lowest BCUT2D eigenvalue weighted by atomic mass is 10.0. The number of benzene rings is 2. The number of ether oxygens (including phenoxy) is 1. The Kier molecular flexibility index (Phi) is 4.54. The summed E-state index contributed by atoms with van der Waals surface area (Å²) in [5.41, 5.74) is 4.38. The summed E-state index contributed by atoms with van der Waals surface area (Å²) in [6, 6.07) is 16.3. The van der Waals surface area contributed by atoms with Crippen molar-refractivity contribution < 1.29 is 20.1 Å². The van der Waals surface area contributed by atoms with Gasteiger partial charge in [-0.15, -0.1) is 0 Å². The average Bonchev–Trinajstić information content (AvgIpc) is 3.00. The van der Waals surface area contributed by atoms with E-state index in [2.05, 4.69) is 18.2 Å². The van der Waals surface area contributed by atoms with Gasteiger partial charge in [0.2, 0.25) is 0 Å². The number of aliphatic hydroxyl groups excluding tert-OH is 3. The second kappa shape index (κ2) is 6.85. The first kappa shape index (κ1) is 17.2. The second-order valence-corrected chi connectivity index (χ2v) is 6.97. The molecule has 3 N–H and O–H groups in total. The average molecular weight is 353 g/mol. The molecule has 1 aliphatic rings. The minimum atomic E-state index is -1.23. The topological polar surface area (TPSA) is 74.9 Å². The fourth-order valence-electron chi connectivity index (χ4n) is 3.76. The summed E-state index contributed by atoms with van der Waals surface area (Å²) in [5, 5.41) is 31.4. The van der Waals surface area contributed by atoms with Crippen molar-refractivity contribution in [2.45, 2.75) is 37.9 Å². The quantitative estimate of drug-likeness (QED) is 0.674. The van der Waals surface area contributed by atoms with Crippen LogP contribution in [0, 0.1) is 6.92 Å². The third-order valence-corrected chi connectivity index (χ3v) is 5.12. The van der Waals surface area contributed by atoms with E-state index < -0.39 is 24.5 Å². The lowest BCUT2D eigenvalue weighted by Crippen LogP contribution is -2.50. The van der Waals surface area contributed by atoms with Gasteiger partial charge in [0.15, 0.2) is 6.23 Å². The van der Waals surface area contributed by atoms with Gasteiger partial charge in [-0.05, 0) is 30.0 Å². The van der Waals surface area contributed by atoms with Crippen LogP contribution in [0.2, 0.25) is 0 Å². The van der Waals surface area contributed by atoms with Crippen LogP contribution in [0.15, 0.2) is 54.7 Å². The molecular weight excluding hydrogens is 330 g/mol. The van der Waals surface area contributed by atoms with Gasteiger partial charge >= 0.3 is 0 Å². The van der Waals surface area contributed by atoms with Gasteiger partial charge in [0.1, 0.15) is 18.3 Å². The van der Waals surface area contributed by atoms with Gasteiger partial charge in [-0.25, -0.2) is 0 Å². The van der Waals surface area contributed by atoms with Gasteiger partial charge < -0.3 is 24.6 Å². The maximum Gasteiger partial charge on any atom is 0.162 e. The Bertz CT molecular complexity index is 905. The Morgan fingerprint density at radius 3 is 2.54 bits per heavy atom. The molecular formula is C21H23NO4. The third kappa shape index (κ3) is 2.93. The Labute approximate surface area is 152 Å². The minimum absolute atomic E-state index is 0.0114. The molecule has 3 aromatic rings. The first-order valence-electron chi connectivity index (χ1n) is 8.85. The lowest BCUT2D eigenvalue weighted by Gasteiger charge is -2.36. The molecule has 0 radical (unpaired) electrons. The molecule has 2 heterocycles. The molecule has 1 aromatic heterocycles. The van der Waals surface area contributed by atoms with Gasteiger partial charge in [0.25, 0.3) is 0 Å². The van der Waals surface area contributed by atoms with Crippen LogP contribution < -0.4 is 0 Å². The zero-order valence-corrected chi connectivity index (χ0v) is 14.6.